The van der Waals surface area contributed by atoms with Crippen LogP contribution in [0.4, 0.5) is 5.69 Å². The molecule has 0 aliphatic carbocycles. The van der Waals surface area contributed by atoms with E-state index in [4.69, 9.17) is 4.74 Å². The molecule has 1 aliphatic rings. The highest BCUT2D eigenvalue weighted by Gasteiger charge is 2.29. The first kappa shape index (κ1) is 15.1. The second-order valence-corrected chi connectivity index (χ2v) is 6.48. The van der Waals surface area contributed by atoms with Crippen LogP contribution in [0.25, 0.3) is 0 Å². The standard InChI is InChI=1S/C18H18BrNO2/c1-12-18(21)9-14-5-6-15(19)10-17(14)20(12)11-13-3-7-16(22-2)8-4-13/h3-8,10,12H,9,11H2,1-2H3/t12-/m1/s1. The maximum absolute atomic E-state index is 12.3. The van der Waals surface area contributed by atoms with Gasteiger partial charge >= 0.3 is 0 Å². The lowest BCUT2D eigenvalue weighted by atomic mass is 9.95. The highest BCUT2D eigenvalue weighted by atomic mass is 79.9. The maximum Gasteiger partial charge on any atom is 0.159 e. The Morgan fingerprint density at radius 2 is 1.95 bits per heavy atom. The van der Waals surface area contributed by atoms with Gasteiger partial charge in [-0.25, -0.2) is 0 Å². The lowest BCUT2D eigenvalue weighted by molar-refractivity contribution is -0.119. The van der Waals surface area contributed by atoms with E-state index in [1.165, 1.54) is 0 Å². The van der Waals surface area contributed by atoms with Gasteiger partial charge in [0.1, 0.15) is 5.75 Å². The van der Waals surface area contributed by atoms with Gasteiger partial charge in [-0.3, -0.25) is 4.79 Å². The Kier molecular flexibility index (Phi) is 4.21. The SMILES string of the molecule is COc1ccc(CN2c3cc(Br)ccc3CC(=O)[C@H]2C)cc1. The number of benzene rings is 2. The fraction of sp³-hybridized carbons (Fsp3) is 0.278. The molecule has 0 saturated carbocycles. The largest absolute Gasteiger partial charge is 0.497 e. The molecule has 0 spiro atoms. The number of carbonyl (C=O) groups excluding carboxylic acids is 1. The zero-order valence-corrected chi connectivity index (χ0v) is 14.3. The van der Waals surface area contributed by atoms with Crippen LogP contribution in [-0.2, 0) is 17.8 Å². The van der Waals surface area contributed by atoms with Crippen molar-refractivity contribution < 1.29 is 9.53 Å². The van der Waals surface area contributed by atoms with Gasteiger partial charge in [-0.2, -0.15) is 0 Å². The zero-order chi connectivity index (χ0) is 15.7. The maximum atomic E-state index is 12.3. The van der Waals surface area contributed by atoms with Crippen molar-refractivity contribution in [2.45, 2.75) is 25.9 Å². The summed E-state index contributed by atoms with van der Waals surface area (Å²) in [4.78, 5) is 14.4. The van der Waals surface area contributed by atoms with E-state index >= 15 is 0 Å². The number of fused-ring (bicyclic) bond motifs is 1. The summed E-state index contributed by atoms with van der Waals surface area (Å²) in [5.41, 5.74) is 3.39. The Bertz CT molecular complexity index is 697. The lowest BCUT2D eigenvalue weighted by Crippen LogP contribution is -2.43. The Morgan fingerprint density at radius 3 is 2.64 bits per heavy atom. The smallest absolute Gasteiger partial charge is 0.159 e. The van der Waals surface area contributed by atoms with Gasteiger partial charge in [-0.05, 0) is 42.3 Å². The number of hydrogen-bond donors (Lipinski definition) is 0. The molecule has 0 fully saturated rings. The molecular weight excluding hydrogens is 342 g/mol. The van der Waals surface area contributed by atoms with Gasteiger partial charge in [0.2, 0.25) is 0 Å². The summed E-state index contributed by atoms with van der Waals surface area (Å²) < 4.78 is 6.23. The number of methoxy groups -OCH3 is 1. The molecule has 0 saturated heterocycles. The van der Waals surface area contributed by atoms with Crippen LogP contribution in [0.3, 0.4) is 0 Å². The molecule has 1 atom stereocenters. The van der Waals surface area contributed by atoms with Gasteiger partial charge in [0, 0.05) is 23.1 Å². The van der Waals surface area contributed by atoms with Crippen molar-refractivity contribution >= 4 is 27.4 Å². The molecule has 22 heavy (non-hydrogen) atoms. The van der Waals surface area contributed by atoms with Crippen molar-refractivity contribution in [2.75, 3.05) is 12.0 Å². The van der Waals surface area contributed by atoms with E-state index < -0.39 is 0 Å². The predicted molar refractivity (Wildman–Crippen MR) is 91.5 cm³/mol. The molecular formula is C18H18BrNO2. The second kappa shape index (κ2) is 6.13. The Balaban J connectivity index is 1.94. The Hall–Kier alpha value is -1.81. The number of nitrogens with zero attached hydrogens (tertiary/aromatic N) is 1. The topological polar surface area (TPSA) is 29.5 Å². The predicted octanol–water partition coefficient (Wildman–Crippen LogP) is 3.98. The quantitative estimate of drug-likeness (QED) is 0.829. The molecule has 0 radical (unpaired) electrons. The van der Waals surface area contributed by atoms with E-state index in [0.29, 0.717) is 13.0 Å². The minimum atomic E-state index is -0.107. The summed E-state index contributed by atoms with van der Waals surface area (Å²) in [7, 11) is 1.66. The van der Waals surface area contributed by atoms with E-state index in [9.17, 15) is 4.79 Å². The normalized spacial score (nSPS) is 17.3. The average Bonchev–Trinajstić information content (AvgIpc) is 2.53. The molecule has 0 N–H and O–H groups in total. The number of ether oxygens (including phenoxy) is 1. The molecule has 3 nitrogen and oxygen atoms in total. The molecule has 114 valence electrons. The van der Waals surface area contributed by atoms with E-state index in [2.05, 4.69) is 26.9 Å². The van der Waals surface area contributed by atoms with Crippen molar-refractivity contribution in [2.24, 2.45) is 0 Å². The zero-order valence-electron chi connectivity index (χ0n) is 12.7. The van der Waals surface area contributed by atoms with Crippen LogP contribution in [0.15, 0.2) is 46.9 Å². The number of Topliss-reactive ketones (excluding diaryl/α,β-unsaturated/α-hetero) is 1. The third-order valence-corrected chi connectivity index (χ3v) is 4.66. The molecule has 0 bridgehead atoms. The van der Waals surface area contributed by atoms with Crippen LogP contribution < -0.4 is 9.64 Å². The fourth-order valence-electron chi connectivity index (χ4n) is 2.82. The molecule has 0 unspecified atom stereocenters. The summed E-state index contributed by atoms with van der Waals surface area (Å²) in [6, 6.07) is 14.0. The van der Waals surface area contributed by atoms with Crippen molar-refractivity contribution in [1.82, 2.24) is 0 Å². The summed E-state index contributed by atoms with van der Waals surface area (Å²) in [6.07, 6.45) is 0.517. The van der Waals surface area contributed by atoms with Crippen LogP contribution in [0.5, 0.6) is 5.75 Å². The van der Waals surface area contributed by atoms with Crippen molar-refractivity contribution in [1.29, 1.82) is 0 Å². The average molecular weight is 360 g/mol. The second-order valence-electron chi connectivity index (χ2n) is 5.57. The Labute approximate surface area is 139 Å². The minimum absolute atomic E-state index is 0.107. The number of hydrogen-bond acceptors (Lipinski definition) is 3. The number of anilines is 1. The number of halogens is 1. The van der Waals surface area contributed by atoms with Crippen molar-refractivity contribution in [3.63, 3.8) is 0 Å². The van der Waals surface area contributed by atoms with Gasteiger partial charge in [0.05, 0.1) is 13.2 Å². The van der Waals surface area contributed by atoms with E-state index in [0.717, 1.165) is 27.0 Å². The molecule has 1 heterocycles. The van der Waals surface area contributed by atoms with Gasteiger partial charge in [0.25, 0.3) is 0 Å². The van der Waals surface area contributed by atoms with Crippen molar-refractivity contribution in [3.8, 4) is 5.75 Å². The van der Waals surface area contributed by atoms with Crippen LogP contribution in [0, 0.1) is 0 Å². The van der Waals surface area contributed by atoms with E-state index in [-0.39, 0.29) is 11.8 Å². The molecule has 2 aromatic carbocycles. The third kappa shape index (κ3) is 2.88. The number of rotatable bonds is 3. The third-order valence-electron chi connectivity index (χ3n) is 4.17. The molecule has 4 heteroatoms. The fourth-order valence-corrected chi connectivity index (χ4v) is 3.17. The van der Waals surface area contributed by atoms with Gasteiger partial charge in [-0.1, -0.05) is 34.1 Å². The van der Waals surface area contributed by atoms with Crippen molar-refractivity contribution in [3.05, 3.63) is 58.1 Å². The van der Waals surface area contributed by atoms with Gasteiger partial charge in [0.15, 0.2) is 5.78 Å². The van der Waals surface area contributed by atoms with Crippen LogP contribution >= 0.6 is 15.9 Å². The number of carbonyl (C=O) groups is 1. The van der Waals surface area contributed by atoms with Crippen LogP contribution in [0.2, 0.25) is 0 Å². The summed E-state index contributed by atoms with van der Waals surface area (Å²) in [6.45, 7) is 2.69. The summed E-state index contributed by atoms with van der Waals surface area (Å²) >= 11 is 3.53. The molecule has 1 aliphatic heterocycles. The van der Waals surface area contributed by atoms with Gasteiger partial charge < -0.3 is 9.64 Å². The summed E-state index contributed by atoms with van der Waals surface area (Å²) in [5, 5.41) is 0. The highest BCUT2D eigenvalue weighted by Crippen LogP contribution is 2.33. The molecule has 3 rings (SSSR count). The number of ketones is 1. The first-order valence-electron chi connectivity index (χ1n) is 7.29. The first-order chi connectivity index (χ1) is 10.6. The molecule has 0 amide bonds. The minimum Gasteiger partial charge on any atom is -0.497 e. The highest BCUT2D eigenvalue weighted by molar-refractivity contribution is 9.10. The van der Waals surface area contributed by atoms with Crippen LogP contribution in [-0.4, -0.2) is 18.9 Å². The first-order valence-corrected chi connectivity index (χ1v) is 8.08. The van der Waals surface area contributed by atoms with E-state index in [1.807, 2.05) is 43.3 Å². The Morgan fingerprint density at radius 1 is 1.23 bits per heavy atom. The van der Waals surface area contributed by atoms with Crippen LogP contribution in [0.1, 0.15) is 18.1 Å². The monoisotopic (exact) mass is 359 g/mol. The lowest BCUT2D eigenvalue weighted by Gasteiger charge is -2.36. The van der Waals surface area contributed by atoms with E-state index in [1.54, 1.807) is 7.11 Å². The molecule has 0 aromatic heterocycles. The summed E-state index contributed by atoms with van der Waals surface area (Å²) in [5.74, 6) is 1.11. The molecule has 2 aromatic rings. The van der Waals surface area contributed by atoms with Gasteiger partial charge in [-0.15, -0.1) is 0 Å².